The van der Waals surface area contributed by atoms with Crippen molar-refractivity contribution in [1.82, 2.24) is 9.55 Å². The summed E-state index contributed by atoms with van der Waals surface area (Å²) in [7, 11) is 0. The number of fused-ring (bicyclic) bond motifs is 1. The molecule has 0 aliphatic rings. The fraction of sp³-hybridized carbons (Fsp3) is 0.125. The molecule has 0 amide bonds. The summed E-state index contributed by atoms with van der Waals surface area (Å²) >= 11 is 0. The number of benzene rings is 2. The standard InChI is InChI=1S/C16H14N4/c1-11-10-12(6-7-13(11)18)20-15-5-3-2-4-14(15)19-16(20)8-9-17/h2-7,10H,8,18H2,1H3. The highest BCUT2D eigenvalue weighted by Crippen LogP contribution is 2.24. The Morgan fingerprint density at radius 3 is 2.80 bits per heavy atom. The van der Waals surface area contributed by atoms with Gasteiger partial charge in [-0.1, -0.05) is 12.1 Å². The molecule has 98 valence electrons. The molecule has 3 aromatic rings. The van der Waals surface area contributed by atoms with Gasteiger partial charge in [-0.15, -0.1) is 0 Å². The second-order valence-corrected chi connectivity index (χ2v) is 4.73. The van der Waals surface area contributed by atoms with Crippen molar-refractivity contribution < 1.29 is 0 Å². The smallest absolute Gasteiger partial charge is 0.128 e. The zero-order valence-electron chi connectivity index (χ0n) is 11.2. The third kappa shape index (κ3) is 1.90. The van der Waals surface area contributed by atoms with Crippen LogP contribution in [0.15, 0.2) is 42.5 Å². The van der Waals surface area contributed by atoms with E-state index in [0.717, 1.165) is 33.8 Å². The number of hydrogen-bond donors (Lipinski definition) is 1. The molecule has 0 aliphatic heterocycles. The molecule has 3 rings (SSSR count). The average molecular weight is 262 g/mol. The van der Waals surface area contributed by atoms with Crippen LogP contribution in [0.4, 0.5) is 5.69 Å². The number of aryl methyl sites for hydroxylation is 1. The molecule has 0 saturated carbocycles. The maximum atomic E-state index is 8.99. The van der Waals surface area contributed by atoms with Crippen molar-refractivity contribution in [1.29, 1.82) is 5.26 Å². The fourth-order valence-electron chi connectivity index (χ4n) is 2.35. The molecular weight excluding hydrogens is 248 g/mol. The lowest BCUT2D eigenvalue weighted by Gasteiger charge is -2.10. The van der Waals surface area contributed by atoms with Crippen LogP contribution in [0.2, 0.25) is 0 Å². The minimum absolute atomic E-state index is 0.276. The van der Waals surface area contributed by atoms with Gasteiger partial charge in [0.15, 0.2) is 0 Å². The number of nitrogens with zero attached hydrogens (tertiary/aromatic N) is 3. The first-order valence-electron chi connectivity index (χ1n) is 6.40. The predicted octanol–water partition coefficient (Wildman–Crippen LogP) is 2.98. The first kappa shape index (κ1) is 12.2. The normalized spacial score (nSPS) is 10.6. The van der Waals surface area contributed by atoms with Gasteiger partial charge in [-0.25, -0.2) is 4.98 Å². The van der Waals surface area contributed by atoms with Crippen LogP contribution in [0.5, 0.6) is 0 Å². The molecule has 4 nitrogen and oxygen atoms in total. The number of nitrogens with two attached hydrogens (primary N) is 1. The van der Waals surface area contributed by atoms with Crippen molar-refractivity contribution in [2.24, 2.45) is 0 Å². The van der Waals surface area contributed by atoms with Crippen LogP contribution in [-0.2, 0) is 6.42 Å². The van der Waals surface area contributed by atoms with Gasteiger partial charge >= 0.3 is 0 Å². The van der Waals surface area contributed by atoms with Crippen LogP contribution in [0.25, 0.3) is 16.7 Å². The highest BCUT2D eigenvalue weighted by atomic mass is 15.1. The molecule has 0 unspecified atom stereocenters. The maximum absolute atomic E-state index is 8.99. The molecule has 1 heterocycles. The SMILES string of the molecule is Cc1cc(-n2c(CC#N)nc3ccccc32)ccc1N. The number of nitrogen functional groups attached to an aromatic ring is 1. The zero-order valence-corrected chi connectivity index (χ0v) is 11.2. The van der Waals surface area contributed by atoms with Gasteiger partial charge in [0.2, 0.25) is 0 Å². The summed E-state index contributed by atoms with van der Waals surface area (Å²) < 4.78 is 2.02. The molecule has 0 radical (unpaired) electrons. The van der Waals surface area contributed by atoms with E-state index in [-0.39, 0.29) is 6.42 Å². The Bertz CT molecular complexity index is 824. The maximum Gasteiger partial charge on any atom is 0.128 e. The molecule has 0 aliphatic carbocycles. The highest BCUT2D eigenvalue weighted by Gasteiger charge is 2.12. The van der Waals surface area contributed by atoms with E-state index in [1.54, 1.807) is 0 Å². The predicted molar refractivity (Wildman–Crippen MR) is 79.5 cm³/mol. The van der Waals surface area contributed by atoms with Gasteiger partial charge in [-0.3, -0.25) is 4.57 Å². The summed E-state index contributed by atoms with van der Waals surface area (Å²) in [5.74, 6) is 0.748. The molecule has 2 aromatic carbocycles. The van der Waals surface area contributed by atoms with Gasteiger partial charge in [0.1, 0.15) is 5.82 Å². The summed E-state index contributed by atoms with van der Waals surface area (Å²) in [5, 5.41) is 8.99. The lowest BCUT2D eigenvalue weighted by molar-refractivity contribution is 0.953. The number of para-hydroxylation sites is 2. The van der Waals surface area contributed by atoms with Gasteiger partial charge in [-0.2, -0.15) is 5.26 Å². The van der Waals surface area contributed by atoms with Crippen molar-refractivity contribution in [2.75, 3.05) is 5.73 Å². The Kier molecular flexibility index (Phi) is 2.88. The molecule has 0 spiro atoms. The van der Waals surface area contributed by atoms with Gasteiger partial charge in [0.25, 0.3) is 0 Å². The second kappa shape index (κ2) is 4.71. The first-order chi connectivity index (χ1) is 9.70. The Morgan fingerprint density at radius 2 is 2.05 bits per heavy atom. The molecule has 0 fully saturated rings. The summed E-state index contributed by atoms with van der Waals surface area (Å²) in [6.45, 7) is 1.97. The molecule has 0 saturated heterocycles. The largest absolute Gasteiger partial charge is 0.399 e. The quantitative estimate of drug-likeness (QED) is 0.722. The number of imidazole rings is 1. The van der Waals surface area contributed by atoms with Crippen molar-refractivity contribution in [3.63, 3.8) is 0 Å². The van der Waals surface area contributed by atoms with E-state index < -0.39 is 0 Å². The van der Waals surface area contributed by atoms with Gasteiger partial charge in [-0.05, 0) is 42.8 Å². The molecule has 0 bridgehead atoms. The van der Waals surface area contributed by atoms with E-state index >= 15 is 0 Å². The lowest BCUT2D eigenvalue weighted by atomic mass is 10.1. The van der Waals surface area contributed by atoms with Gasteiger partial charge < -0.3 is 5.73 Å². The van der Waals surface area contributed by atoms with Crippen molar-refractivity contribution in [3.05, 3.63) is 53.9 Å². The molecular formula is C16H14N4. The Morgan fingerprint density at radius 1 is 1.25 bits per heavy atom. The number of aromatic nitrogens is 2. The first-order valence-corrected chi connectivity index (χ1v) is 6.40. The third-order valence-corrected chi connectivity index (χ3v) is 3.38. The van der Waals surface area contributed by atoms with E-state index in [9.17, 15) is 0 Å². The lowest BCUT2D eigenvalue weighted by Crippen LogP contribution is -2.02. The minimum atomic E-state index is 0.276. The Hall–Kier alpha value is -2.80. The summed E-state index contributed by atoms with van der Waals surface area (Å²) in [6, 6.07) is 15.9. The molecule has 0 atom stereocenters. The summed E-state index contributed by atoms with van der Waals surface area (Å²) in [4.78, 5) is 4.54. The van der Waals surface area contributed by atoms with E-state index in [2.05, 4.69) is 11.1 Å². The minimum Gasteiger partial charge on any atom is -0.399 e. The van der Waals surface area contributed by atoms with Crippen LogP contribution in [0, 0.1) is 18.3 Å². The van der Waals surface area contributed by atoms with E-state index in [1.165, 1.54) is 0 Å². The summed E-state index contributed by atoms with van der Waals surface area (Å²) in [5.41, 5.74) is 10.5. The number of anilines is 1. The Balaban J connectivity index is 2.30. The van der Waals surface area contributed by atoms with Crippen LogP contribution in [-0.4, -0.2) is 9.55 Å². The van der Waals surface area contributed by atoms with E-state index in [0.29, 0.717) is 0 Å². The van der Waals surface area contributed by atoms with Crippen LogP contribution >= 0.6 is 0 Å². The third-order valence-electron chi connectivity index (χ3n) is 3.38. The Labute approximate surface area is 117 Å². The second-order valence-electron chi connectivity index (χ2n) is 4.73. The van der Waals surface area contributed by atoms with E-state index in [4.69, 9.17) is 11.0 Å². The van der Waals surface area contributed by atoms with Crippen LogP contribution in [0.1, 0.15) is 11.4 Å². The highest BCUT2D eigenvalue weighted by molar-refractivity contribution is 5.78. The monoisotopic (exact) mass is 262 g/mol. The average Bonchev–Trinajstić information content (AvgIpc) is 2.80. The van der Waals surface area contributed by atoms with Crippen molar-refractivity contribution in [3.8, 4) is 11.8 Å². The molecule has 20 heavy (non-hydrogen) atoms. The number of rotatable bonds is 2. The molecule has 2 N–H and O–H groups in total. The molecule has 1 aromatic heterocycles. The van der Waals surface area contributed by atoms with Gasteiger partial charge in [0, 0.05) is 11.4 Å². The van der Waals surface area contributed by atoms with Crippen LogP contribution < -0.4 is 5.73 Å². The fourth-order valence-corrected chi connectivity index (χ4v) is 2.35. The van der Waals surface area contributed by atoms with Crippen molar-refractivity contribution in [2.45, 2.75) is 13.3 Å². The number of hydrogen-bond acceptors (Lipinski definition) is 3. The van der Waals surface area contributed by atoms with Gasteiger partial charge in [0.05, 0.1) is 23.5 Å². The zero-order chi connectivity index (χ0) is 14.1. The summed E-state index contributed by atoms with van der Waals surface area (Å²) in [6.07, 6.45) is 0.276. The van der Waals surface area contributed by atoms with Crippen molar-refractivity contribution >= 4 is 16.7 Å². The topological polar surface area (TPSA) is 67.6 Å². The number of nitriles is 1. The molecule has 4 heteroatoms. The van der Waals surface area contributed by atoms with E-state index in [1.807, 2.05) is 54.0 Å². The van der Waals surface area contributed by atoms with Crippen LogP contribution in [0.3, 0.4) is 0 Å².